The number of hydrogen-bond acceptors (Lipinski definition) is 3. The van der Waals surface area contributed by atoms with Crippen LogP contribution in [0.1, 0.15) is 0 Å². The van der Waals surface area contributed by atoms with E-state index in [1.807, 2.05) is 24.3 Å². The second-order valence-corrected chi connectivity index (χ2v) is 6.27. The third-order valence-electron chi connectivity index (χ3n) is 3.18. The highest BCUT2D eigenvalue weighted by molar-refractivity contribution is 7.80. The standard InChI is InChI=1S/C16H14Cl2N2O2S/c17-10-5-11(18)7-12(6-10)20-16(23)19-8-13-9-21-14-3-1-2-4-15(14)22-13/h1-7,13H,8-9H2,(H2,19,20,23)/t13-/m1/s1. The van der Waals surface area contributed by atoms with Crippen LogP contribution in [-0.4, -0.2) is 24.4 Å². The first-order valence-electron chi connectivity index (χ1n) is 6.99. The average molecular weight is 369 g/mol. The molecule has 23 heavy (non-hydrogen) atoms. The van der Waals surface area contributed by atoms with E-state index in [1.165, 1.54) is 0 Å². The van der Waals surface area contributed by atoms with Gasteiger partial charge in [-0.3, -0.25) is 0 Å². The van der Waals surface area contributed by atoms with Crippen LogP contribution in [0.5, 0.6) is 11.5 Å². The zero-order valence-corrected chi connectivity index (χ0v) is 14.3. The molecule has 7 heteroatoms. The van der Waals surface area contributed by atoms with Crippen molar-refractivity contribution in [3.05, 3.63) is 52.5 Å². The van der Waals surface area contributed by atoms with E-state index in [9.17, 15) is 0 Å². The maximum Gasteiger partial charge on any atom is 0.170 e. The first kappa shape index (κ1) is 16.2. The van der Waals surface area contributed by atoms with Crippen molar-refractivity contribution < 1.29 is 9.47 Å². The van der Waals surface area contributed by atoms with E-state index < -0.39 is 0 Å². The van der Waals surface area contributed by atoms with Crippen LogP contribution < -0.4 is 20.1 Å². The molecule has 0 unspecified atom stereocenters. The van der Waals surface area contributed by atoms with E-state index in [0.717, 1.165) is 17.2 Å². The second-order valence-electron chi connectivity index (χ2n) is 4.99. The van der Waals surface area contributed by atoms with Crippen LogP contribution in [0.25, 0.3) is 0 Å². The summed E-state index contributed by atoms with van der Waals surface area (Å²) in [6, 6.07) is 12.7. The van der Waals surface area contributed by atoms with Crippen LogP contribution in [0.3, 0.4) is 0 Å². The molecule has 3 rings (SSSR count). The molecule has 1 heterocycles. The molecule has 0 amide bonds. The number of fused-ring (bicyclic) bond motifs is 1. The SMILES string of the molecule is S=C(NC[C@@H]1COc2ccccc2O1)Nc1cc(Cl)cc(Cl)c1. The summed E-state index contributed by atoms with van der Waals surface area (Å²) >= 11 is 17.2. The summed E-state index contributed by atoms with van der Waals surface area (Å²) in [6.07, 6.45) is -0.118. The Morgan fingerprint density at radius 3 is 2.57 bits per heavy atom. The van der Waals surface area contributed by atoms with E-state index in [1.54, 1.807) is 18.2 Å². The third kappa shape index (κ3) is 4.41. The number of hydrogen-bond donors (Lipinski definition) is 2. The van der Waals surface area contributed by atoms with Gasteiger partial charge in [-0.1, -0.05) is 35.3 Å². The Morgan fingerprint density at radius 2 is 1.83 bits per heavy atom. The van der Waals surface area contributed by atoms with Crippen LogP contribution in [0.4, 0.5) is 5.69 Å². The number of anilines is 1. The predicted octanol–water partition coefficient (Wildman–Crippen LogP) is 4.12. The van der Waals surface area contributed by atoms with Crippen LogP contribution in [0, 0.1) is 0 Å². The topological polar surface area (TPSA) is 42.5 Å². The lowest BCUT2D eigenvalue weighted by Crippen LogP contribution is -2.42. The molecule has 1 aliphatic heterocycles. The van der Waals surface area contributed by atoms with Gasteiger partial charge < -0.3 is 20.1 Å². The Morgan fingerprint density at radius 1 is 1.13 bits per heavy atom. The summed E-state index contributed by atoms with van der Waals surface area (Å²) in [4.78, 5) is 0. The van der Waals surface area contributed by atoms with Crippen molar-refractivity contribution in [1.82, 2.24) is 5.32 Å². The molecule has 0 bridgehead atoms. The number of benzene rings is 2. The highest BCUT2D eigenvalue weighted by Gasteiger charge is 2.20. The van der Waals surface area contributed by atoms with Gasteiger partial charge in [0.1, 0.15) is 12.7 Å². The van der Waals surface area contributed by atoms with Crippen molar-refractivity contribution >= 4 is 46.2 Å². The van der Waals surface area contributed by atoms with E-state index in [4.69, 9.17) is 44.9 Å². The van der Waals surface area contributed by atoms with Crippen molar-refractivity contribution in [2.75, 3.05) is 18.5 Å². The fraction of sp³-hybridized carbons (Fsp3) is 0.188. The highest BCUT2D eigenvalue weighted by Crippen LogP contribution is 2.30. The van der Waals surface area contributed by atoms with Crippen molar-refractivity contribution in [2.24, 2.45) is 0 Å². The maximum atomic E-state index is 5.96. The smallest absolute Gasteiger partial charge is 0.170 e. The molecular weight excluding hydrogens is 355 g/mol. The van der Waals surface area contributed by atoms with Gasteiger partial charge in [0.25, 0.3) is 0 Å². The molecule has 1 atom stereocenters. The van der Waals surface area contributed by atoms with E-state index in [0.29, 0.717) is 28.3 Å². The number of nitrogens with one attached hydrogen (secondary N) is 2. The summed E-state index contributed by atoms with van der Waals surface area (Å²) in [5, 5.41) is 7.69. The third-order valence-corrected chi connectivity index (χ3v) is 3.86. The van der Waals surface area contributed by atoms with Gasteiger partial charge in [-0.25, -0.2) is 0 Å². The van der Waals surface area contributed by atoms with Crippen LogP contribution >= 0.6 is 35.4 Å². The van der Waals surface area contributed by atoms with Crippen LogP contribution in [0.2, 0.25) is 10.0 Å². The lowest BCUT2D eigenvalue weighted by atomic mass is 10.2. The van der Waals surface area contributed by atoms with Crippen molar-refractivity contribution in [2.45, 2.75) is 6.10 Å². The quantitative estimate of drug-likeness (QED) is 0.797. The lowest BCUT2D eigenvalue weighted by molar-refractivity contribution is 0.0939. The number of para-hydroxylation sites is 2. The Balaban J connectivity index is 1.52. The van der Waals surface area contributed by atoms with Gasteiger partial charge in [-0.15, -0.1) is 0 Å². The minimum Gasteiger partial charge on any atom is -0.486 e. The molecule has 0 aliphatic carbocycles. The summed E-state index contributed by atoms with van der Waals surface area (Å²) < 4.78 is 11.5. The average Bonchev–Trinajstić information content (AvgIpc) is 2.52. The molecule has 0 spiro atoms. The molecule has 1 aliphatic rings. The van der Waals surface area contributed by atoms with Gasteiger partial charge in [0.15, 0.2) is 16.6 Å². The summed E-state index contributed by atoms with van der Waals surface area (Å²) in [7, 11) is 0. The Labute approximate surface area is 149 Å². The minimum atomic E-state index is -0.118. The fourth-order valence-corrected chi connectivity index (χ4v) is 2.90. The highest BCUT2D eigenvalue weighted by atomic mass is 35.5. The molecular formula is C16H14Cl2N2O2S. The number of thiocarbonyl (C=S) groups is 1. The zero-order valence-electron chi connectivity index (χ0n) is 12.0. The molecule has 4 nitrogen and oxygen atoms in total. The van der Waals surface area contributed by atoms with Gasteiger partial charge in [0.05, 0.1) is 6.54 Å². The van der Waals surface area contributed by atoms with E-state index in [-0.39, 0.29) is 6.10 Å². The van der Waals surface area contributed by atoms with Gasteiger partial charge >= 0.3 is 0 Å². The second kappa shape index (κ2) is 7.25. The maximum absolute atomic E-state index is 5.96. The normalized spacial score (nSPS) is 15.8. The largest absolute Gasteiger partial charge is 0.486 e. The molecule has 0 saturated carbocycles. The Bertz CT molecular complexity index is 707. The molecule has 2 aromatic carbocycles. The molecule has 0 fully saturated rings. The number of halogens is 2. The summed E-state index contributed by atoms with van der Waals surface area (Å²) in [5.41, 5.74) is 0.728. The van der Waals surface area contributed by atoms with E-state index in [2.05, 4.69) is 10.6 Å². The van der Waals surface area contributed by atoms with Crippen molar-refractivity contribution in [1.29, 1.82) is 0 Å². The lowest BCUT2D eigenvalue weighted by Gasteiger charge is -2.27. The monoisotopic (exact) mass is 368 g/mol. The number of rotatable bonds is 3. The first-order valence-corrected chi connectivity index (χ1v) is 8.16. The van der Waals surface area contributed by atoms with Gasteiger partial charge in [-0.2, -0.15) is 0 Å². The van der Waals surface area contributed by atoms with Crippen LogP contribution in [0.15, 0.2) is 42.5 Å². The van der Waals surface area contributed by atoms with Crippen LogP contribution in [-0.2, 0) is 0 Å². The van der Waals surface area contributed by atoms with Crippen molar-refractivity contribution in [3.63, 3.8) is 0 Å². The first-order chi connectivity index (χ1) is 11.1. The zero-order chi connectivity index (χ0) is 16.2. The predicted molar refractivity (Wildman–Crippen MR) is 97.0 cm³/mol. The van der Waals surface area contributed by atoms with Gasteiger partial charge in [0, 0.05) is 15.7 Å². The summed E-state index contributed by atoms with van der Waals surface area (Å²) in [6.45, 7) is 0.990. The fourth-order valence-electron chi connectivity index (χ4n) is 2.17. The Hall–Kier alpha value is -1.69. The molecule has 120 valence electrons. The van der Waals surface area contributed by atoms with Crippen molar-refractivity contribution in [3.8, 4) is 11.5 Å². The minimum absolute atomic E-state index is 0.118. The molecule has 2 N–H and O–H groups in total. The molecule has 2 aromatic rings. The summed E-state index contributed by atoms with van der Waals surface area (Å²) in [5.74, 6) is 1.50. The van der Waals surface area contributed by atoms with Gasteiger partial charge in [0.2, 0.25) is 0 Å². The van der Waals surface area contributed by atoms with Gasteiger partial charge in [-0.05, 0) is 42.5 Å². The number of ether oxygens (including phenoxy) is 2. The Kier molecular flexibility index (Phi) is 5.10. The molecule has 0 radical (unpaired) electrons. The molecule has 0 aromatic heterocycles. The van der Waals surface area contributed by atoms with E-state index >= 15 is 0 Å². The molecule has 0 saturated heterocycles.